The molecule has 0 aromatic carbocycles. The van der Waals surface area contributed by atoms with Crippen molar-refractivity contribution >= 4 is 7.82 Å². The maximum Gasteiger partial charge on any atom is 0.472 e. The molecule has 7 nitrogen and oxygen atoms in total. The molecule has 250 valence electrons. The van der Waals surface area contributed by atoms with Gasteiger partial charge >= 0.3 is 7.82 Å². The number of ether oxygens (including phenoxy) is 2. The van der Waals surface area contributed by atoms with E-state index >= 15 is 0 Å². The Bertz CT molecular complexity index is 679. The second-order valence-corrected chi connectivity index (χ2v) is 14.0. The molecule has 0 spiro atoms. The largest absolute Gasteiger partial charge is 0.472 e. The van der Waals surface area contributed by atoms with Gasteiger partial charge in [-0.3, -0.25) is 9.05 Å². The molecule has 0 bridgehead atoms. The van der Waals surface area contributed by atoms with Crippen LogP contribution in [0.15, 0.2) is 24.3 Å². The minimum Gasteiger partial charge on any atom is -0.379 e. The van der Waals surface area contributed by atoms with E-state index < -0.39 is 13.9 Å². The first-order chi connectivity index (χ1) is 20.2. The average molecular weight is 619 g/mol. The first-order valence-corrected chi connectivity index (χ1v) is 18.5. The molecule has 0 aliphatic rings. The standard InChI is InChI=1S/C34H68NO6P/c1-6-7-8-9-10-11-12-13-14-15-16-17-18-19-20-21-22-23-24-25-26-27-28-30-39-32-34(38-5)33-41-42(36,37)40-31-29-35(2,3)4/h11-12,23-24,34H,6-10,13-22,25-33H2,1-5H3/p+1/t34-/m1/s1. The van der Waals surface area contributed by atoms with Crippen LogP contribution in [-0.2, 0) is 23.1 Å². The van der Waals surface area contributed by atoms with Crippen LogP contribution in [0.2, 0.25) is 0 Å². The molecule has 42 heavy (non-hydrogen) atoms. The zero-order valence-corrected chi connectivity index (χ0v) is 29.1. The first kappa shape index (κ1) is 41.5. The van der Waals surface area contributed by atoms with Crippen LogP contribution in [0.3, 0.4) is 0 Å². The van der Waals surface area contributed by atoms with Gasteiger partial charge in [-0.05, 0) is 57.8 Å². The lowest BCUT2D eigenvalue weighted by atomic mass is 10.1. The molecule has 0 aromatic rings. The number of unbranched alkanes of at least 4 members (excludes halogenated alkanes) is 16. The van der Waals surface area contributed by atoms with E-state index in [-0.39, 0.29) is 13.2 Å². The zero-order chi connectivity index (χ0) is 31.2. The average Bonchev–Trinajstić information content (AvgIpc) is 2.93. The number of methoxy groups -OCH3 is 1. The molecular formula is C34H69NO6P+. The van der Waals surface area contributed by atoms with Crippen molar-refractivity contribution < 1.29 is 32.5 Å². The van der Waals surface area contributed by atoms with E-state index in [1.807, 2.05) is 21.1 Å². The van der Waals surface area contributed by atoms with Crippen LogP contribution < -0.4 is 0 Å². The molecule has 0 saturated carbocycles. The summed E-state index contributed by atoms with van der Waals surface area (Å²) in [6, 6.07) is 0. The number of rotatable bonds is 32. The fourth-order valence-corrected chi connectivity index (χ4v) is 5.17. The fraction of sp³-hybridized carbons (Fsp3) is 0.882. The smallest absolute Gasteiger partial charge is 0.379 e. The van der Waals surface area contributed by atoms with Gasteiger partial charge in [-0.15, -0.1) is 0 Å². The second-order valence-electron chi connectivity index (χ2n) is 12.6. The van der Waals surface area contributed by atoms with Crippen molar-refractivity contribution in [3.8, 4) is 0 Å². The van der Waals surface area contributed by atoms with Gasteiger partial charge in [0.15, 0.2) is 0 Å². The van der Waals surface area contributed by atoms with Gasteiger partial charge in [0.25, 0.3) is 0 Å². The lowest BCUT2D eigenvalue weighted by Gasteiger charge is -2.24. The maximum absolute atomic E-state index is 12.0. The van der Waals surface area contributed by atoms with E-state index in [9.17, 15) is 9.46 Å². The normalized spacial score (nSPS) is 14.7. The highest BCUT2D eigenvalue weighted by molar-refractivity contribution is 7.47. The van der Waals surface area contributed by atoms with Gasteiger partial charge in [0.1, 0.15) is 19.3 Å². The van der Waals surface area contributed by atoms with Crippen LogP contribution >= 0.6 is 7.82 Å². The molecule has 0 heterocycles. The maximum atomic E-state index is 12.0. The predicted molar refractivity (Wildman–Crippen MR) is 178 cm³/mol. The number of likely N-dealkylation sites (N-methyl/N-ethyl adjacent to an activating group) is 1. The number of quaternary nitrogens is 1. The third kappa shape index (κ3) is 32.4. The van der Waals surface area contributed by atoms with Crippen molar-refractivity contribution in [1.29, 1.82) is 0 Å². The highest BCUT2D eigenvalue weighted by atomic mass is 31.2. The summed E-state index contributed by atoms with van der Waals surface area (Å²) < 4.78 is 33.7. The highest BCUT2D eigenvalue weighted by Gasteiger charge is 2.24. The number of allylic oxidation sites excluding steroid dienone is 4. The van der Waals surface area contributed by atoms with Crippen LogP contribution in [0.5, 0.6) is 0 Å². The monoisotopic (exact) mass is 618 g/mol. The summed E-state index contributed by atoms with van der Waals surface area (Å²) in [6.45, 7) is 3.96. The number of phosphoric acid groups is 1. The molecule has 0 aromatic heterocycles. The Hall–Kier alpha value is -0.530. The van der Waals surface area contributed by atoms with Crippen molar-refractivity contribution in [3.05, 3.63) is 24.3 Å². The Morgan fingerprint density at radius 3 is 1.55 bits per heavy atom. The van der Waals surface area contributed by atoms with Gasteiger partial charge in [-0.25, -0.2) is 4.57 Å². The predicted octanol–water partition coefficient (Wildman–Crippen LogP) is 9.40. The Kier molecular flexibility index (Phi) is 28.8. The molecule has 0 rings (SSSR count). The molecule has 0 aliphatic heterocycles. The molecule has 2 atom stereocenters. The van der Waals surface area contributed by atoms with Crippen LogP contribution in [0.4, 0.5) is 0 Å². The Morgan fingerprint density at radius 2 is 1.10 bits per heavy atom. The van der Waals surface area contributed by atoms with Gasteiger partial charge < -0.3 is 18.9 Å². The molecule has 8 heteroatoms. The summed E-state index contributed by atoms with van der Waals surface area (Å²) in [4.78, 5) is 9.82. The van der Waals surface area contributed by atoms with Gasteiger partial charge in [-0.2, -0.15) is 0 Å². The van der Waals surface area contributed by atoms with E-state index in [2.05, 4.69) is 31.2 Å². The van der Waals surface area contributed by atoms with Crippen LogP contribution in [0, 0.1) is 0 Å². The molecule has 0 aliphatic carbocycles. The van der Waals surface area contributed by atoms with Gasteiger partial charge in [0.2, 0.25) is 0 Å². The summed E-state index contributed by atoms with van der Waals surface area (Å²) in [7, 11) is 3.43. The van der Waals surface area contributed by atoms with Crippen molar-refractivity contribution in [1.82, 2.24) is 0 Å². The van der Waals surface area contributed by atoms with Crippen molar-refractivity contribution in [3.63, 3.8) is 0 Å². The third-order valence-corrected chi connectivity index (χ3v) is 8.27. The topological polar surface area (TPSA) is 74.2 Å². The Balaban J connectivity index is 3.47. The van der Waals surface area contributed by atoms with E-state index in [0.717, 1.165) is 19.3 Å². The Morgan fingerprint density at radius 1 is 0.643 bits per heavy atom. The first-order valence-electron chi connectivity index (χ1n) is 17.0. The lowest BCUT2D eigenvalue weighted by Crippen LogP contribution is -2.37. The highest BCUT2D eigenvalue weighted by Crippen LogP contribution is 2.43. The summed E-state index contributed by atoms with van der Waals surface area (Å²) in [5.74, 6) is 0. The molecule has 0 radical (unpaired) electrons. The van der Waals surface area contributed by atoms with E-state index in [1.54, 1.807) is 7.11 Å². The van der Waals surface area contributed by atoms with Crippen molar-refractivity contribution in [2.45, 2.75) is 135 Å². The Labute approximate surface area is 260 Å². The van der Waals surface area contributed by atoms with E-state index in [1.165, 1.54) is 103 Å². The quantitative estimate of drug-likeness (QED) is 0.0350. The molecule has 0 saturated heterocycles. The van der Waals surface area contributed by atoms with Crippen LogP contribution in [-0.4, -0.2) is 76.7 Å². The minimum atomic E-state index is -4.08. The van der Waals surface area contributed by atoms with Gasteiger partial charge in [0.05, 0.1) is 34.4 Å². The van der Waals surface area contributed by atoms with E-state index in [4.69, 9.17) is 18.5 Å². The SMILES string of the molecule is CCCCCCC=CCCCCCCCCCCC=CCCCCCOC[C@H](COP(=O)(O)OCC[N+](C)(C)C)OC. The van der Waals surface area contributed by atoms with Gasteiger partial charge in [0, 0.05) is 13.7 Å². The zero-order valence-electron chi connectivity index (χ0n) is 28.2. The number of nitrogens with zero attached hydrogens (tertiary/aromatic N) is 1. The van der Waals surface area contributed by atoms with Crippen LogP contribution in [0.25, 0.3) is 0 Å². The summed E-state index contributed by atoms with van der Waals surface area (Å²) in [5.41, 5.74) is 0. The van der Waals surface area contributed by atoms with Crippen molar-refractivity contribution in [2.75, 3.05) is 61.2 Å². The second kappa shape index (κ2) is 29.2. The third-order valence-electron chi connectivity index (χ3n) is 7.29. The number of hydrogen-bond donors (Lipinski definition) is 1. The molecule has 1 N–H and O–H groups in total. The molecule has 0 amide bonds. The number of phosphoric ester groups is 1. The molecule has 0 fully saturated rings. The summed E-state index contributed by atoms with van der Waals surface area (Å²) >= 11 is 0. The fourth-order valence-electron chi connectivity index (χ4n) is 4.43. The van der Waals surface area contributed by atoms with Gasteiger partial charge in [-0.1, -0.05) is 95.4 Å². The number of hydrogen-bond acceptors (Lipinski definition) is 5. The minimum absolute atomic E-state index is 0.0448. The van der Waals surface area contributed by atoms with Crippen molar-refractivity contribution in [2.24, 2.45) is 0 Å². The summed E-state index contributed by atoms with van der Waals surface area (Å²) in [5, 5.41) is 0. The van der Waals surface area contributed by atoms with E-state index in [0.29, 0.717) is 24.2 Å². The summed E-state index contributed by atoms with van der Waals surface area (Å²) in [6.07, 6.45) is 33.7. The molecular weight excluding hydrogens is 549 g/mol. The molecule has 1 unspecified atom stereocenters. The van der Waals surface area contributed by atoms with Crippen LogP contribution in [0.1, 0.15) is 129 Å². The lowest BCUT2D eigenvalue weighted by molar-refractivity contribution is -0.870.